The third kappa shape index (κ3) is 5.86. The maximum absolute atomic E-state index is 13.3. The number of carbonyl (C=O) groups excluding carboxylic acids is 1. The molecular weight excluding hydrogens is 452 g/mol. The molecule has 4 rings (SSSR count). The molecule has 1 aliphatic heterocycles. The summed E-state index contributed by atoms with van der Waals surface area (Å²) in [6.07, 6.45) is 0. The van der Waals surface area contributed by atoms with E-state index in [-0.39, 0.29) is 18.0 Å². The molecule has 7 heteroatoms. The van der Waals surface area contributed by atoms with E-state index < -0.39 is 0 Å². The lowest BCUT2D eigenvalue weighted by Gasteiger charge is -2.26. The van der Waals surface area contributed by atoms with Crippen LogP contribution in [0.25, 0.3) is 11.1 Å². The Morgan fingerprint density at radius 3 is 2.36 bits per heavy atom. The number of amides is 1. The summed E-state index contributed by atoms with van der Waals surface area (Å²) < 4.78 is 5.45. The Morgan fingerprint density at radius 1 is 1.03 bits per heavy atom. The number of anilines is 1. The van der Waals surface area contributed by atoms with Gasteiger partial charge in [0.25, 0.3) is 11.5 Å². The van der Waals surface area contributed by atoms with Crippen molar-refractivity contribution in [3.05, 3.63) is 86.3 Å². The van der Waals surface area contributed by atoms with Crippen molar-refractivity contribution in [3.63, 3.8) is 0 Å². The number of pyridine rings is 1. The second-order valence-electron chi connectivity index (χ2n) is 9.77. The van der Waals surface area contributed by atoms with Gasteiger partial charge < -0.3 is 19.9 Å². The predicted molar refractivity (Wildman–Crippen MR) is 145 cm³/mol. The van der Waals surface area contributed by atoms with Gasteiger partial charge >= 0.3 is 0 Å². The molecule has 1 aliphatic rings. The molecule has 2 aromatic carbocycles. The van der Waals surface area contributed by atoms with Gasteiger partial charge in [0.15, 0.2) is 0 Å². The molecule has 0 radical (unpaired) electrons. The Bertz CT molecular complexity index is 1290. The highest BCUT2D eigenvalue weighted by Crippen LogP contribution is 2.30. The summed E-state index contributed by atoms with van der Waals surface area (Å²) in [4.78, 5) is 32.9. The quantitative estimate of drug-likeness (QED) is 0.529. The van der Waals surface area contributed by atoms with Crippen molar-refractivity contribution in [2.45, 2.75) is 33.9 Å². The lowest BCUT2D eigenvalue weighted by Crippen LogP contribution is -2.35. The van der Waals surface area contributed by atoms with Crippen molar-refractivity contribution in [3.8, 4) is 11.1 Å². The van der Waals surface area contributed by atoms with Crippen LogP contribution in [0, 0.1) is 20.8 Å². The van der Waals surface area contributed by atoms with Crippen molar-refractivity contribution in [1.29, 1.82) is 0 Å². The van der Waals surface area contributed by atoms with Crippen LogP contribution < -0.4 is 15.8 Å². The normalized spacial score (nSPS) is 14.0. The fourth-order valence-electron chi connectivity index (χ4n) is 4.75. The van der Waals surface area contributed by atoms with Gasteiger partial charge in [-0.15, -0.1) is 0 Å². The molecule has 0 unspecified atom stereocenters. The van der Waals surface area contributed by atoms with Gasteiger partial charge in [-0.1, -0.05) is 24.3 Å². The van der Waals surface area contributed by atoms with E-state index >= 15 is 0 Å². The summed E-state index contributed by atoms with van der Waals surface area (Å²) in [6.45, 7) is 10.3. The number of aromatic amines is 1. The minimum Gasteiger partial charge on any atom is -0.379 e. The number of nitrogens with one attached hydrogen (secondary N) is 2. The van der Waals surface area contributed by atoms with Gasteiger partial charge in [0.05, 0.1) is 13.2 Å². The maximum atomic E-state index is 13.3. The first-order valence-electron chi connectivity index (χ1n) is 12.4. The highest BCUT2D eigenvalue weighted by atomic mass is 16.5. The lowest BCUT2D eigenvalue weighted by molar-refractivity contribution is 0.0342. The average molecular weight is 489 g/mol. The van der Waals surface area contributed by atoms with Crippen molar-refractivity contribution < 1.29 is 9.53 Å². The van der Waals surface area contributed by atoms with Crippen LogP contribution in [-0.4, -0.2) is 56.2 Å². The molecule has 0 atom stereocenters. The Kier molecular flexibility index (Phi) is 7.91. The molecule has 0 bridgehead atoms. The number of aromatic nitrogens is 1. The summed E-state index contributed by atoms with van der Waals surface area (Å²) in [5.41, 5.74) is 7.89. The van der Waals surface area contributed by atoms with E-state index in [9.17, 15) is 9.59 Å². The molecule has 1 aromatic heterocycles. The van der Waals surface area contributed by atoms with Crippen LogP contribution in [0.4, 0.5) is 5.69 Å². The summed E-state index contributed by atoms with van der Waals surface area (Å²) in [6, 6.07) is 14.5. The molecule has 1 fully saturated rings. The molecule has 2 N–H and O–H groups in total. The third-order valence-electron chi connectivity index (χ3n) is 6.82. The molecule has 0 spiro atoms. The molecule has 7 nitrogen and oxygen atoms in total. The first-order chi connectivity index (χ1) is 17.2. The zero-order chi connectivity index (χ0) is 25.8. The number of benzene rings is 2. The number of rotatable bonds is 7. The summed E-state index contributed by atoms with van der Waals surface area (Å²) in [7, 11) is 3.96. The van der Waals surface area contributed by atoms with Crippen LogP contribution in [0.1, 0.15) is 38.3 Å². The first kappa shape index (κ1) is 25.7. The van der Waals surface area contributed by atoms with Gasteiger partial charge in [-0.25, -0.2) is 0 Å². The number of nitrogens with zero attached hydrogens (tertiary/aromatic N) is 2. The lowest BCUT2D eigenvalue weighted by atomic mass is 9.96. The highest BCUT2D eigenvalue weighted by Gasteiger charge is 2.17. The standard InChI is InChI=1S/C29H36N4O3/c1-19-14-20(2)31-29(35)26(19)17-30-28(34)25-15-24(16-27(21(25)3)32(4)5)23-8-6-22(7-9-23)18-33-10-12-36-13-11-33/h6-9,14-16H,10-13,17-18H2,1-5H3,(H,30,34)(H,31,35). The van der Waals surface area contributed by atoms with Gasteiger partial charge in [0, 0.05) is 62.8 Å². The zero-order valence-corrected chi connectivity index (χ0v) is 21.9. The van der Waals surface area contributed by atoms with Crippen LogP contribution in [-0.2, 0) is 17.8 Å². The van der Waals surface area contributed by atoms with E-state index in [1.54, 1.807) is 0 Å². The topological polar surface area (TPSA) is 77.7 Å². The molecule has 1 saturated heterocycles. The summed E-state index contributed by atoms with van der Waals surface area (Å²) in [5, 5.41) is 2.96. The summed E-state index contributed by atoms with van der Waals surface area (Å²) >= 11 is 0. The van der Waals surface area contributed by atoms with Gasteiger partial charge in [-0.3, -0.25) is 14.5 Å². The summed E-state index contributed by atoms with van der Waals surface area (Å²) in [5.74, 6) is -0.194. The van der Waals surface area contributed by atoms with Gasteiger partial charge in [-0.05, 0) is 66.8 Å². The smallest absolute Gasteiger partial charge is 0.253 e. The van der Waals surface area contributed by atoms with E-state index in [1.807, 2.05) is 51.9 Å². The molecule has 2 heterocycles. The Morgan fingerprint density at radius 2 is 1.72 bits per heavy atom. The number of aryl methyl sites for hydroxylation is 2. The number of H-pyrrole nitrogens is 1. The van der Waals surface area contributed by atoms with Crippen molar-refractivity contribution >= 4 is 11.6 Å². The zero-order valence-electron chi connectivity index (χ0n) is 21.9. The van der Waals surface area contributed by atoms with Crippen molar-refractivity contribution in [2.24, 2.45) is 0 Å². The van der Waals surface area contributed by atoms with Crippen LogP contribution in [0.3, 0.4) is 0 Å². The van der Waals surface area contributed by atoms with E-state index in [2.05, 4.69) is 45.5 Å². The first-order valence-corrected chi connectivity index (χ1v) is 12.4. The number of carbonyl (C=O) groups is 1. The molecule has 190 valence electrons. The fourth-order valence-corrected chi connectivity index (χ4v) is 4.75. The Labute approximate surface area is 213 Å². The molecule has 0 saturated carbocycles. The molecule has 3 aromatic rings. The monoisotopic (exact) mass is 488 g/mol. The predicted octanol–water partition coefficient (Wildman–Crippen LogP) is 3.80. The largest absolute Gasteiger partial charge is 0.379 e. The van der Waals surface area contributed by atoms with E-state index in [4.69, 9.17) is 4.74 Å². The minimum absolute atomic E-state index is 0.163. The molecule has 0 aliphatic carbocycles. The van der Waals surface area contributed by atoms with Crippen LogP contribution in [0.15, 0.2) is 47.3 Å². The number of morpholine rings is 1. The van der Waals surface area contributed by atoms with Crippen LogP contribution in [0.2, 0.25) is 0 Å². The van der Waals surface area contributed by atoms with E-state index in [0.717, 1.165) is 66.5 Å². The number of hydrogen-bond acceptors (Lipinski definition) is 5. The highest BCUT2D eigenvalue weighted by molar-refractivity contribution is 5.98. The molecular formula is C29H36N4O3. The second-order valence-corrected chi connectivity index (χ2v) is 9.77. The Hall–Kier alpha value is -3.42. The third-order valence-corrected chi connectivity index (χ3v) is 6.82. The van der Waals surface area contributed by atoms with Crippen molar-refractivity contribution in [2.75, 3.05) is 45.3 Å². The van der Waals surface area contributed by atoms with Crippen molar-refractivity contribution in [1.82, 2.24) is 15.2 Å². The average Bonchev–Trinajstić information content (AvgIpc) is 2.84. The van der Waals surface area contributed by atoms with E-state index in [1.165, 1.54) is 5.56 Å². The van der Waals surface area contributed by atoms with Crippen LogP contribution >= 0.6 is 0 Å². The number of hydrogen-bond donors (Lipinski definition) is 2. The fraction of sp³-hybridized carbons (Fsp3) is 0.379. The second kappa shape index (κ2) is 11.1. The minimum atomic E-state index is -0.194. The van der Waals surface area contributed by atoms with Gasteiger partial charge in [-0.2, -0.15) is 0 Å². The van der Waals surface area contributed by atoms with Crippen LogP contribution in [0.5, 0.6) is 0 Å². The van der Waals surface area contributed by atoms with Gasteiger partial charge in [0.1, 0.15) is 0 Å². The van der Waals surface area contributed by atoms with E-state index in [0.29, 0.717) is 11.1 Å². The maximum Gasteiger partial charge on any atom is 0.253 e. The Balaban J connectivity index is 1.58. The molecule has 36 heavy (non-hydrogen) atoms. The van der Waals surface area contributed by atoms with Gasteiger partial charge in [0.2, 0.25) is 0 Å². The SMILES string of the molecule is Cc1cc(C)c(CNC(=O)c2cc(-c3ccc(CN4CCOCC4)cc3)cc(N(C)C)c2C)c(=O)[nH]1. The molecule has 1 amide bonds. The number of ether oxygens (including phenoxy) is 1.